The van der Waals surface area contributed by atoms with E-state index >= 15 is 0 Å². The first kappa shape index (κ1) is 10.2. The average Bonchev–Trinajstić information content (AvgIpc) is 2.54. The van der Waals surface area contributed by atoms with Gasteiger partial charge in [-0.15, -0.1) is 0 Å². The van der Waals surface area contributed by atoms with Crippen LogP contribution in [-0.4, -0.2) is 16.8 Å². The number of furan rings is 1. The smallest absolute Gasteiger partial charge is 0.140 e. The number of hydrogen-bond donors (Lipinski definition) is 2. The summed E-state index contributed by atoms with van der Waals surface area (Å²) in [6.45, 7) is 3.58. The molecular formula is C12H14O3. The van der Waals surface area contributed by atoms with Crippen molar-refractivity contribution in [2.45, 2.75) is 20.0 Å². The Hall–Kier alpha value is -1.32. The molecule has 2 rings (SSSR count). The number of rotatable bonds is 2. The molecule has 0 saturated carbocycles. The van der Waals surface area contributed by atoms with Crippen LogP contribution in [0.2, 0.25) is 0 Å². The number of para-hydroxylation sites is 1. The second kappa shape index (κ2) is 3.68. The number of fused-ring (bicyclic) bond motifs is 1. The highest BCUT2D eigenvalue weighted by molar-refractivity contribution is 5.85. The summed E-state index contributed by atoms with van der Waals surface area (Å²) in [5.74, 6) is 0.850. The van der Waals surface area contributed by atoms with Crippen LogP contribution < -0.4 is 0 Å². The van der Waals surface area contributed by atoms with Gasteiger partial charge in [-0.3, -0.25) is 0 Å². The molecule has 0 saturated heterocycles. The highest BCUT2D eigenvalue weighted by atomic mass is 16.3. The number of aliphatic hydroxyl groups excluding tert-OH is 2. The van der Waals surface area contributed by atoms with Crippen molar-refractivity contribution in [3.05, 3.63) is 35.1 Å². The lowest BCUT2D eigenvalue weighted by Crippen LogP contribution is -2.02. The Labute approximate surface area is 88.0 Å². The van der Waals surface area contributed by atoms with Gasteiger partial charge in [0.25, 0.3) is 0 Å². The van der Waals surface area contributed by atoms with Crippen LogP contribution in [0.4, 0.5) is 0 Å². The SMILES string of the molecule is Cc1oc2c(C(O)CO)cccc2c1C. The Morgan fingerprint density at radius 1 is 1.33 bits per heavy atom. The molecule has 0 aliphatic rings. The fourth-order valence-corrected chi connectivity index (χ4v) is 1.74. The molecule has 3 nitrogen and oxygen atoms in total. The highest BCUT2D eigenvalue weighted by Gasteiger charge is 2.15. The summed E-state index contributed by atoms with van der Waals surface area (Å²) < 4.78 is 5.58. The minimum Gasteiger partial charge on any atom is -0.461 e. The fraction of sp³-hybridized carbons (Fsp3) is 0.333. The average molecular weight is 206 g/mol. The van der Waals surface area contributed by atoms with Crippen LogP contribution in [0.5, 0.6) is 0 Å². The van der Waals surface area contributed by atoms with Crippen molar-refractivity contribution in [3.8, 4) is 0 Å². The Balaban J connectivity index is 2.71. The Bertz CT molecular complexity index is 485. The molecule has 15 heavy (non-hydrogen) atoms. The van der Waals surface area contributed by atoms with E-state index in [0.717, 1.165) is 16.7 Å². The molecular weight excluding hydrogens is 192 g/mol. The van der Waals surface area contributed by atoms with Crippen LogP contribution >= 0.6 is 0 Å². The molecule has 80 valence electrons. The third kappa shape index (κ3) is 1.54. The van der Waals surface area contributed by atoms with Crippen molar-refractivity contribution in [2.75, 3.05) is 6.61 Å². The van der Waals surface area contributed by atoms with Crippen LogP contribution in [0.25, 0.3) is 11.0 Å². The van der Waals surface area contributed by atoms with E-state index in [1.807, 2.05) is 26.0 Å². The molecule has 1 atom stereocenters. The Kier molecular flexibility index (Phi) is 2.50. The zero-order chi connectivity index (χ0) is 11.0. The number of benzene rings is 1. The minimum absolute atomic E-state index is 0.294. The van der Waals surface area contributed by atoms with Crippen LogP contribution in [0.15, 0.2) is 22.6 Å². The van der Waals surface area contributed by atoms with Crippen LogP contribution in [0.1, 0.15) is 23.0 Å². The summed E-state index contributed by atoms with van der Waals surface area (Å²) in [4.78, 5) is 0. The van der Waals surface area contributed by atoms with Gasteiger partial charge in [0.2, 0.25) is 0 Å². The summed E-state index contributed by atoms with van der Waals surface area (Å²) in [5, 5.41) is 19.5. The first-order chi connectivity index (χ1) is 7.15. The summed E-state index contributed by atoms with van der Waals surface area (Å²) in [6, 6.07) is 5.58. The van der Waals surface area contributed by atoms with E-state index < -0.39 is 6.10 Å². The summed E-state index contributed by atoms with van der Waals surface area (Å²) >= 11 is 0. The second-order valence-electron chi connectivity index (χ2n) is 3.71. The monoisotopic (exact) mass is 206 g/mol. The van der Waals surface area contributed by atoms with Gasteiger partial charge in [0.1, 0.15) is 17.4 Å². The molecule has 2 N–H and O–H groups in total. The van der Waals surface area contributed by atoms with Gasteiger partial charge in [-0.1, -0.05) is 18.2 Å². The van der Waals surface area contributed by atoms with Crippen molar-refractivity contribution in [1.82, 2.24) is 0 Å². The van der Waals surface area contributed by atoms with Crippen molar-refractivity contribution in [3.63, 3.8) is 0 Å². The molecule has 1 aromatic carbocycles. The molecule has 0 bridgehead atoms. The molecule has 2 aromatic rings. The van der Waals surface area contributed by atoms with Crippen LogP contribution in [-0.2, 0) is 0 Å². The zero-order valence-electron chi connectivity index (χ0n) is 8.82. The van der Waals surface area contributed by atoms with Gasteiger partial charge in [0.15, 0.2) is 0 Å². The third-order valence-electron chi connectivity index (χ3n) is 2.76. The fourth-order valence-electron chi connectivity index (χ4n) is 1.74. The molecule has 1 unspecified atom stereocenters. The van der Waals surface area contributed by atoms with Gasteiger partial charge in [0, 0.05) is 10.9 Å². The molecule has 0 amide bonds. The Morgan fingerprint density at radius 3 is 2.73 bits per heavy atom. The first-order valence-corrected chi connectivity index (χ1v) is 4.92. The van der Waals surface area contributed by atoms with E-state index in [-0.39, 0.29) is 6.61 Å². The van der Waals surface area contributed by atoms with E-state index in [1.54, 1.807) is 6.07 Å². The van der Waals surface area contributed by atoms with Gasteiger partial charge < -0.3 is 14.6 Å². The van der Waals surface area contributed by atoms with E-state index in [9.17, 15) is 5.11 Å². The van der Waals surface area contributed by atoms with Crippen LogP contribution in [0, 0.1) is 13.8 Å². The predicted octanol–water partition coefficient (Wildman–Crippen LogP) is 2.08. The van der Waals surface area contributed by atoms with E-state index in [2.05, 4.69) is 0 Å². The quantitative estimate of drug-likeness (QED) is 0.790. The number of aliphatic hydroxyl groups is 2. The predicted molar refractivity (Wildman–Crippen MR) is 57.7 cm³/mol. The summed E-state index contributed by atoms with van der Waals surface area (Å²) in [7, 11) is 0. The van der Waals surface area contributed by atoms with Crippen molar-refractivity contribution in [2.24, 2.45) is 0 Å². The molecule has 0 aliphatic heterocycles. The zero-order valence-corrected chi connectivity index (χ0v) is 8.82. The maximum absolute atomic E-state index is 9.62. The largest absolute Gasteiger partial charge is 0.461 e. The molecule has 1 heterocycles. The molecule has 0 spiro atoms. The second-order valence-corrected chi connectivity index (χ2v) is 3.71. The van der Waals surface area contributed by atoms with E-state index in [1.165, 1.54) is 0 Å². The van der Waals surface area contributed by atoms with E-state index in [0.29, 0.717) is 11.1 Å². The van der Waals surface area contributed by atoms with Gasteiger partial charge in [-0.05, 0) is 19.4 Å². The maximum Gasteiger partial charge on any atom is 0.140 e. The van der Waals surface area contributed by atoms with Crippen molar-refractivity contribution in [1.29, 1.82) is 0 Å². The van der Waals surface area contributed by atoms with Gasteiger partial charge in [-0.25, -0.2) is 0 Å². The molecule has 0 fully saturated rings. The normalized spacial score (nSPS) is 13.3. The van der Waals surface area contributed by atoms with E-state index in [4.69, 9.17) is 9.52 Å². The lowest BCUT2D eigenvalue weighted by atomic mass is 10.1. The minimum atomic E-state index is -0.876. The first-order valence-electron chi connectivity index (χ1n) is 4.92. The van der Waals surface area contributed by atoms with Crippen molar-refractivity contribution < 1.29 is 14.6 Å². The van der Waals surface area contributed by atoms with Gasteiger partial charge >= 0.3 is 0 Å². The molecule has 1 aromatic heterocycles. The Morgan fingerprint density at radius 2 is 2.07 bits per heavy atom. The van der Waals surface area contributed by atoms with Gasteiger partial charge in [-0.2, -0.15) is 0 Å². The number of hydrogen-bond acceptors (Lipinski definition) is 3. The topological polar surface area (TPSA) is 53.6 Å². The standard InChI is InChI=1S/C12H14O3/c1-7-8(2)15-12-9(7)4-3-5-10(12)11(14)6-13/h3-5,11,13-14H,6H2,1-2H3. The number of aryl methyl sites for hydroxylation is 2. The summed E-state index contributed by atoms with van der Waals surface area (Å²) in [5.41, 5.74) is 2.40. The highest BCUT2D eigenvalue weighted by Crippen LogP contribution is 2.30. The third-order valence-corrected chi connectivity index (χ3v) is 2.76. The molecule has 0 aliphatic carbocycles. The molecule has 0 radical (unpaired) electrons. The van der Waals surface area contributed by atoms with Crippen LogP contribution in [0.3, 0.4) is 0 Å². The molecule has 3 heteroatoms. The van der Waals surface area contributed by atoms with Gasteiger partial charge in [0.05, 0.1) is 6.61 Å². The van der Waals surface area contributed by atoms with Crippen molar-refractivity contribution >= 4 is 11.0 Å². The summed E-state index contributed by atoms with van der Waals surface area (Å²) in [6.07, 6.45) is -0.876. The lowest BCUT2D eigenvalue weighted by molar-refractivity contribution is 0.0959. The lowest BCUT2D eigenvalue weighted by Gasteiger charge is -2.07. The maximum atomic E-state index is 9.62.